The number of carbonyl (C=O) groups excluding carboxylic acids is 1. The molecule has 1 amide bonds. The molecule has 3 rings (SSSR count). The summed E-state index contributed by atoms with van der Waals surface area (Å²) in [6.45, 7) is 3.64. The van der Waals surface area contributed by atoms with Gasteiger partial charge in [-0.2, -0.15) is 0 Å². The van der Waals surface area contributed by atoms with Gasteiger partial charge in [0.15, 0.2) is 5.13 Å². The predicted molar refractivity (Wildman–Crippen MR) is 101 cm³/mol. The van der Waals surface area contributed by atoms with Crippen LogP contribution in [0.1, 0.15) is 20.8 Å². The van der Waals surface area contributed by atoms with Crippen molar-refractivity contribution in [2.45, 2.75) is 18.7 Å². The van der Waals surface area contributed by atoms with Crippen LogP contribution in [-0.2, 0) is 10.0 Å². The summed E-state index contributed by atoms with van der Waals surface area (Å²) in [5.41, 5.74) is 1.49. The zero-order valence-corrected chi connectivity index (χ0v) is 15.9. The summed E-state index contributed by atoms with van der Waals surface area (Å²) >= 11 is 2.94. The average Bonchev–Trinajstić information content (AvgIpc) is 3.15. The molecule has 3 aromatic rings. The van der Waals surface area contributed by atoms with Crippen molar-refractivity contribution in [2.24, 2.45) is 5.14 Å². The van der Waals surface area contributed by atoms with Gasteiger partial charge in [0.25, 0.3) is 5.91 Å². The summed E-state index contributed by atoms with van der Waals surface area (Å²) < 4.78 is 23.2. The van der Waals surface area contributed by atoms with Crippen LogP contribution < -0.4 is 10.5 Å². The lowest BCUT2D eigenvalue weighted by atomic mass is 10.1. The number of carbonyl (C=O) groups is 1. The quantitative estimate of drug-likeness (QED) is 0.709. The van der Waals surface area contributed by atoms with Crippen LogP contribution in [0, 0.1) is 13.8 Å². The first-order valence-electron chi connectivity index (χ1n) is 7.21. The Kier molecular flexibility index (Phi) is 4.74. The minimum Gasteiger partial charge on any atom is -0.298 e. The number of thiazole rings is 1. The van der Waals surface area contributed by atoms with E-state index in [1.54, 1.807) is 30.4 Å². The fourth-order valence-corrected chi connectivity index (χ4v) is 4.65. The number of sulfonamides is 1. The summed E-state index contributed by atoms with van der Waals surface area (Å²) in [6, 6.07) is 8.38. The number of rotatable bonds is 4. The monoisotopic (exact) mass is 393 g/mol. The van der Waals surface area contributed by atoms with Gasteiger partial charge in [-0.1, -0.05) is 6.07 Å². The van der Waals surface area contributed by atoms with Gasteiger partial charge >= 0.3 is 0 Å². The van der Waals surface area contributed by atoms with Crippen LogP contribution in [-0.4, -0.2) is 19.3 Å². The van der Waals surface area contributed by atoms with Gasteiger partial charge in [0.2, 0.25) is 10.0 Å². The van der Waals surface area contributed by atoms with Crippen LogP contribution in [0.5, 0.6) is 0 Å². The second-order valence-electron chi connectivity index (χ2n) is 5.43. The molecule has 0 unspecified atom stereocenters. The minimum atomic E-state index is -3.88. The van der Waals surface area contributed by atoms with Crippen molar-refractivity contribution in [2.75, 3.05) is 5.32 Å². The predicted octanol–water partition coefficient (Wildman–Crippen LogP) is 3.39. The standard InChI is InChI=1S/C16H15N3O3S3/c1-9-3-5-11(7-14(9)25(17,21)22)15(20)19-16-18-12(8-23-16)13-6-4-10(2)24-13/h3-8H,1-2H3,(H2,17,21,22)(H,18,19,20). The summed E-state index contributed by atoms with van der Waals surface area (Å²) in [7, 11) is -3.88. The molecule has 0 atom stereocenters. The molecule has 0 aliphatic rings. The van der Waals surface area contributed by atoms with E-state index in [0.29, 0.717) is 10.7 Å². The maximum atomic E-state index is 12.4. The molecule has 2 heterocycles. The molecule has 9 heteroatoms. The Labute approximate surface area is 153 Å². The fraction of sp³-hybridized carbons (Fsp3) is 0.125. The highest BCUT2D eigenvalue weighted by Gasteiger charge is 2.16. The van der Waals surface area contributed by atoms with Crippen molar-refractivity contribution in [3.8, 4) is 10.6 Å². The molecule has 0 bridgehead atoms. The summed E-state index contributed by atoms with van der Waals surface area (Å²) in [6.07, 6.45) is 0. The lowest BCUT2D eigenvalue weighted by Crippen LogP contribution is -2.17. The van der Waals surface area contributed by atoms with Gasteiger partial charge in [0.05, 0.1) is 15.5 Å². The van der Waals surface area contributed by atoms with Gasteiger partial charge in [-0.25, -0.2) is 18.5 Å². The van der Waals surface area contributed by atoms with E-state index in [0.717, 1.165) is 10.6 Å². The number of hydrogen-bond donors (Lipinski definition) is 2. The third-order valence-electron chi connectivity index (χ3n) is 3.47. The highest BCUT2D eigenvalue weighted by molar-refractivity contribution is 7.89. The Morgan fingerprint density at radius 3 is 2.60 bits per heavy atom. The molecule has 0 spiro atoms. The van der Waals surface area contributed by atoms with Gasteiger partial charge in [-0.3, -0.25) is 10.1 Å². The van der Waals surface area contributed by atoms with Gasteiger partial charge in [-0.15, -0.1) is 22.7 Å². The van der Waals surface area contributed by atoms with Crippen molar-refractivity contribution in [1.82, 2.24) is 4.98 Å². The zero-order valence-electron chi connectivity index (χ0n) is 13.4. The Morgan fingerprint density at radius 2 is 1.96 bits per heavy atom. The van der Waals surface area contributed by atoms with Crippen molar-refractivity contribution in [3.63, 3.8) is 0 Å². The first kappa shape index (κ1) is 17.7. The highest BCUT2D eigenvalue weighted by atomic mass is 32.2. The number of amides is 1. The first-order valence-corrected chi connectivity index (χ1v) is 10.5. The van der Waals surface area contributed by atoms with Crippen LogP contribution in [0.25, 0.3) is 10.6 Å². The molecule has 3 N–H and O–H groups in total. The minimum absolute atomic E-state index is 0.0611. The third-order valence-corrected chi connectivity index (χ3v) is 6.31. The molecule has 130 valence electrons. The van der Waals surface area contributed by atoms with Crippen LogP contribution in [0.4, 0.5) is 5.13 Å². The molecular weight excluding hydrogens is 378 g/mol. The van der Waals surface area contributed by atoms with Crippen LogP contribution >= 0.6 is 22.7 Å². The van der Waals surface area contributed by atoms with Gasteiger partial charge < -0.3 is 0 Å². The highest BCUT2D eigenvalue weighted by Crippen LogP contribution is 2.30. The fourth-order valence-electron chi connectivity index (χ4n) is 2.23. The van der Waals surface area contributed by atoms with Crippen molar-refractivity contribution in [3.05, 3.63) is 51.7 Å². The average molecular weight is 394 g/mol. The number of aryl methyl sites for hydroxylation is 2. The number of benzene rings is 1. The van der Waals surface area contributed by atoms with E-state index in [1.165, 1.54) is 22.3 Å². The molecule has 0 fully saturated rings. The number of nitrogens with zero attached hydrogens (tertiary/aromatic N) is 1. The zero-order chi connectivity index (χ0) is 18.2. The van der Waals surface area contributed by atoms with Crippen LogP contribution in [0.15, 0.2) is 40.6 Å². The van der Waals surface area contributed by atoms with Gasteiger partial charge in [0, 0.05) is 15.8 Å². The Balaban J connectivity index is 1.82. The second-order valence-corrected chi connectivity index (χ2v) is 9.10. The normalized spacial score (nSPS) is 11.5. The van der Waals surface area contributed by atoms with E-state index in [4.69, 9.17) is 5.14 Å². The Morgan fingerprint density at radius 1 is 1.20 bits per heavy atom. The number of nitrogens with two attached hydrogens (primary N) is 1. The van der Waals surface area contributed by atoms with E-state index in [1.807, 2.05) is 24.4 Å². The maximum absolute atomic E-state index is 12.4. The summed E-state index contributed by atoms with van der Waals surface area (Å²) in [5, 5.41) is 10.2. The van der Waals surface area contributed by atoms with E-state index in [-0.39, 0.29) is 10.5 Å². The SMILES string of the molecule is Cc1ccc(-c2csc(NC(=O)c3ccc(C)c(S(N)(=O)=O)c3)n2)s1. The van der Waals surface area contributed by atoms with Crippen molar-refractivity contribution in [1.29, 1.82) is 0 Å². The Hall–Kier alpha value is -2.07. The number of anilines is 1. The van der Waals surface area contributed by atoms with Crippen LogP contribution in [0.3, 0.4) is 0 Å². The number of thiophene rings is 1. The van der Waals surface area contributed by atoms with Gasteiger partial charge in [0.1, 0.15) is 0 Å². The largest absolute Gasteiger partial charge is 0.298 e. The Bertz CT molecular complexity index is 1050. The molecule has 6 nitrogen and oxygen atoms in total. The number of nitrogens with one attached hydrogen (secondary N) is 1. The van der Waals surface area contributed by atoms with Crippen molar-refractivity contribution < 1.29 is 13.2 Å². The van der Waals surface area contributed by atoms with E-state index >= 15 is 0 Å². The maximum Gasteiger partial charge on any atom is 0.257 e. The lowest BCUT2D eigenvalue weighted by molar-refractivity contribution is 0.102. The molecular formula is C16H15N3O3S3. The van der Waals surface area contributed by atoms with E-state index < -0.39 is 15.9 Å². The van der Waals surface area contributed by atoms with Crippen LogP contribution in [0.2, 0.25) is 0 Å². The first-order chi connectivity index (χ1) is 11.7. The summed E-state index contributed by atoms with van der Waals surface area (Å²) in [5.74, 6) is -0.437. The smallest absolute Gasteiger partial charge is 0.257 e. The topological polar surface area (TPSA) is 102 Å². The number of primary sulfonamides is 1. The molecule has 25 heavy (non-hydrogen) atoms. The molecule has 0 radical (unpaired) electrons. The molecule has 0 aliphatic carbocycles. The molecule has 0 aliphatic heterocycles. The molecule has 2 aromatic heterocycles. The number of aromatic nitrogens is 1. The number of hydrogen-bond acceptors (Lipinski definition) is 6. The summed E-state index contributed by atoms with van der Waals surface area (Å²) in [4.78, 5) is 18.9. The second kappa shape index (κ2) is 6.68. The third kappa shape index (κ3) is 3.96. The molecule has 1 aromatic carbocycles. The van der Waals surface area contributed by atoms with E-state index in [9.17, 15) is 13.2 Å². The van der Waals surface area contributed by atoms with Crippen molar-refractivity contribution >= 4 is 43.7 Å². The van der Waals surface area contributed by atoms with E-state index in [2.05, 4.69) is 10.3 Å². The molecule has 0 saturated carbocycles. The van der Waals surface area contributed by atoms with Gasteiger partial charge in [-0.05, 0) is 43.7 Å². The molecule has 0 saturated heterocycles. The lowest BCUT2D eigenvalue weighted by Gasteiger charge is -2.06.